The molecule has 1 N–H and O–H groups in total. The first kappa shape index (κ1) is 18.7. The van der Waals surface area contributed by atoms with Crippen LogP contribution in [0, 0.1) is 0 Å². The molecule has 0 unspecified atom stereocenters. The molecule has 0 aliphatic carbocycles. The fourth-order valence-electron chi connectivity index (χ4n) is 2.95. The van der Waals surface area contributed by atoms with Gasteiger partial charge in [-0.3, -0.25) is 14.5 Å². The summed E-state index contributed by atoms with van der Waals surface area (Å²) in [4.78, 5) is 27.4. The van der Waals surface area contributed by atoms with Gasteiger partial charge in [0.25, 0.3) is 5.91 Å². The van der Waals surface area contributed by atoms with E-state index in [4.69, 9.17) is 28.3 Å². The molecule has 26 heavy (non-hydrogen) atoms. The zero-order valence-corrected chi connectivity index (χ0v) is 15.4. The molecule has 0 radical (unpaired) electrons. The summed E-state index contributed by atoms with van der Waals surface area (Å²) in [6, 6.07) is 6.98. The number of rotatable bonds is 5. The lowest BCUT2D eigenvalue weighted by Crippen LogP contribution is -2.48. The number of halogens is 2. The molecule has 7 nitrogen and oxygen atoms in total. The highest BCUT2D eigenvalue weighted by Crippen LogP contribution is 2.26. The molecular weight excluding hydrogens is 379 g/mol. The Kier molecular flexibility index (Phi) is 5.80. The molecule has 3 rings (SSSR count). The summed E-state index contributed by atoms with van der Waals surface area (Å²) in [5.41, 5.74) is 1.17. The quantitative estimate of drug-likeness (QED) is 0.837. The number of piperazine rings is 1. The molecule has 0 spiro atoms. The SMILES string of the molecule is O=C(O)Cn1nccc1C(=O)N1CCN(Cc2c(Cl)cccc2Cl)CC1. The summed E-state index contributed by atoms with van der Waals surface area (Å²) in [6.07, 6.45) is 1.44. The molecule has 9 heteroatoms. The van der Waals surface area contributed by atoms with Crippen molar-refractivity contribution >= 4 is 35.1 Å². The van der Waals surface area contributed by atoms with Crippen LogP contribution >= 0.6 is 23.2 Å². The fraction of sp³-hybridized carbons (Fsp3) is 0.353. The first-order valence-electron chi connectivity index (χ1n) is 8.14. The molecular formula is C17H18Cl2N4O3. The molecule has 1 aromatic carbocycles. The second-order valence-electron chi connectivity index (χ2n) is 6.04. The maximum absolute atomic E-state index is 12.6. The number of aliphatic carboxylic acids is 1. The lowest BCUT2D eigenvalue weighted by atomic mass is 10.2. The van der Waals surface area contributed by atoms with Crippen molar-refractivity contribution in [3.8, 4) is 0 Å². The van der Waals surface area contributed by atoms with E-state index in [2.05, 4.69) is 10.00 Å². The van der Waals surface area contributed by atoms with Crippen molar-refractivity contribution in [1.82, 2.24) is 19.6 Å². The van der Waals surface area contributed by atoms with Crippen LogP contribution in [0.25, 0.3) is 0 Å². The van der Waals surface area contributed by atoms with Gasteiger partial charge in [-0.15, -0.1) is 0 Å². The van der Waals surface area contributed by atoms with Crippen LogP contribution in [0.1, 0.15) is 16.1 Å². The maximum Gasteiger partial charge on any atom is 0.325 e. The van der Waals surface area contributed by atoms with E-state index in [1.807, 2.05) is 18.2 Å². The van der Waals surface area contributed by atoms with Gasteiger partial charge in [-0.1, -0.05) is 29.3 Å². The number of carboxylic acids is 1. The normalized spacial score (nSPS) is 15.2. The third-order valence-corrected chi connectivity index (χ3v) is 5.03. The minimum Gasteiger partial charge on any atom is -0.480 e. The number of aromatic nitrogens is 2. The smallest absolute Gasteiger partial charge is 0.325 e. The highest BCUT2D eigenvalue weighted by molar-refractivity contribution is 6.35. The Balaban J connectivity index is 1.61. The minimum atomic E-state index is -1.04. The number of benzene rings is 1. The van der Waals surface area contributed by atoms with Crippen molar-refractivity contribution in [2.45, 2.75) is 13.1 Å². The van der Waals surface area contributed by atoms with Gasteiger partial charge in [0, 0.05) is 54.5 Å². The van der Waals surface area contributed by atoms with E-state index in [1.165, 1.54) is 10.9 Å². The van der Waals surface area contributed by atoms with Gasteiger partial charge < -0.3 is 10.0 Å². The van der Waals surface area contributed by atoms with Crippen LogP contribution in [0.4, 0.5) is 0 Å². The van der Waals surface area contributed by atoms with Crippen LogP contribution in [-0.4, -0.2) is 62.7 Å². The van der Waals surface area contributed by atoms with E-state index in [0.717, 1.165) is 5.56 Å². The van der Waals surface area contributed by atoms with E-state index in [0.29, 0.717) is 42.8 Å². The maximum atomic E-state index is 12.6. The van der Waals surface area contributed by atoms with Crippen LogP contribution < -0.4 is 0 Å². The predicted molar refractivity (Wildman–Crippen MR) is 97.5 cm³/mol. The molecule has 0 bridgehead atoms. The van der Waals surface area contributed by atoms with Crippen molar-refractivity contribution in [2.75, 3.05) is 26.2 Å². The third kappa shape index (κ3) is 4.17. The van der Waals surface area contributed by atoms with Crippen LogP contribution in [0.2, 0.25) is 10.0 Å². The highest BCUT2D eigenvalue weighted by Gasteiger charge is 2.25. The van der Waals surface area contributed by atoms with Gasteiger partial charge in [-0.05, 0) is 18.2 Å². The van der Waals surface area contributed by atoms with Crippen molar-refractivity contribution in [3.63, 3.8) is 0 Å². The van der Waals surface area contributed by atoms with Crippen LogP contribution in [0.3, 0.4) is 0 Å². The molecule has 1 amide bonds. The second kappa shape index (κ2) is 8.07. The van der Waals surface area contributed by atoms with Crippen molar-refractivity contribution < 1.29 is 14.7 Å². The Morgan fingerprint density at radius 2 is 1.73 bits per heavy atom. The summed E-state index contributed by atoms with van der Waals surface area (Å²) >= 11 is 12.4. The number of hydrogen-bond donors (Lipinski definition) is 1. The number of nitrogens with zero attached hydrogens (tertiary/aromatic N) is 4. The summed E-state index contributed by atoms with van der Waals surface area (Å²) in [6.45, 7) is 2.73. The van der Waals surface area contributed by atoms with Gasteiger partial charge in [0.15, 0.2) is 0 Å². The van der Waals surface area contributed by atoms with E-state index in [9.17, 15) is 9.59 Å². The minimum absolute atomic E-state index is 0.209. The average molecular weight is 397 g/mol. The fourth-order valence-corrected chi connectivity index (χ4v) is 3.46. The van der Waals surface area contributed by atoms with E-state index >= 15 is 0 Å². The molecule has 1 aromatic heterocycles. The molecule has 1 saturated heterocycles. The monoisotopic (exact) mass is 396 g/mol. The molecule has 1 aliphatic heterocycles. The topological polar surface area (TPSA) is 78.7 Å². The molecule has 0 saturated carbocycles. The number of carbonyl (C=O) groups excluding carboxylic acids is 1. The van der Waals surface area contributed by atoms with Gasteiger partial charge in [0.05, 0.1) is 0 Å². The van der Waals surface area contributed by atoms with Crippen LogP contribution in [-0.2, 0) is 17.9 Å². The number of carboxylic acid groups (broad SMARTS) is 1. The Hall–Kier alpha value is -2.09. The summed E-state index contributed by atoms with van der Waals surface area (Å²) in [5.74, 6) is -1.25. The van der Waals surface area contributed by atoms with Gasteiger partial charge in [0.2, 0.25) is 0 Å². The molecule has 0 atom stereocenters. The predicted octanol–water partition coefficient (Wildman–Crippen LogP) is 2.23. The Morgan fingerprint density at radius 3 is 2.35 bits per heavy atom. The van der Waals surface area contributed by atoms with Gasteiger partial charge in [-0.25, -0.2) is 4.68 Å². The molecule has 1 aliphatic rings. The zero-order valence-electron chi connectivity index (χ0n) is 13.9. The summed E-state index contributed by atoms with van der Waals surface area (Å²) < 4.78 is 1.21. The lowest BCUT2D eigenvalue weighted by molar-refractivity contribution is -0.137. The van der Waals surface area contributed by atoms with Crippen molar-refractivity contribution in [3.05, 3.63) is 51.8 Å². The zero-order chi connectivity index (χ0) is 18.7. The number of carbonyl (C=O) groups is 2. The average Bonchev–Trinajstić information content (AvgIpc) is 3.05. The second-order valence-corrected chi connectivity index (χ2v) is 6.85. The van der Waals surface area contributed by atoms with Crippen molar-refractivity contribution in [1.29, 1.82) is 0 Å². The van der Waals surface area contributed by atoms with E-state index in [-0.39, 0.29) is 18.1 Å². The first-order chi connectivity index (χ1) is 12.5. The summed E-state index contributed by atoms with van der Waals surface area (Å²) in [7, 11) is 0. The number of amides is 1. The number of hydrogen-bond acceptors (Lipinski definition) is 4. The van der Waals surface area contributed by atoms with Gasteiger partial charge >= 0.3 is 5.97 Å². The van der Waals surface area contributed by atoms with E-state index < -0.39 is 5.97 Å². The molecule has 2 aromatic rings. The lowest BCUT2D eigenvalue weighted by Gasteiger charge is -2.35. The third-order valence-electron chi connectivity index (χ3n) is 4.32. The first-order valence-corrected chi connectivity index (χ1v) is 8.89. The Morgan fingerprint density at radius 1 is 1.08 bits per heavy atom. The van der Waals surface area contributed by atoms with Gasteiger partial charge in [-0.2, -0.15) is 5.10 Å². The molecule has 1 fully saturated rings. The summed E-state index contributed by atoms with van der Waals surface area (Å²) in [5, 5.41) is 14.1. The molecule has 2 heterocycles. The Bertz CT molecular complexity index is 796. The van der Waals surface area contributed by atoms with E-state index in [1.54, 1.807) is 11.0 Å². The van der Waals surface area contributed by atoms with Gasteiger partial charge in [0.1, 0.15) is 12.2 Å². The van der Waals surface area contributed by atoms with Crippen LogP contribution in [0.5, 0.6) is 0 Å². The largest absolute Gasteiger partial charge is 0.480 e. The van der Waals surface area contributed by atoms with Crippen molar-refractivity contribution in [2.24, 2.45) is 0 Å². The van der Waals surface area contributed by atoms with Crippen LogP contribution in [0.15, 0.2) is 30.5 Å². The Labute approximate surface area is 160 Å². The molecule has 138 valence electrons. The standard InChI is InChI=1S/C17H18Cl2N4O3/c18-13-2-1-3-14(19)12(13)10-21-6-8-22(9-7-21)17(26)15-4-5-20-23(15)11-16(24)25/h1-5H,6-11H2,(H,24,25). The highest BCUT2D eigenvalue weighted by atomic mass is 35.5.